The molecule has 3 aromatic carbocycles. The molecule has 2 nitrogen and oxygen atoms in total. The zero-order chi connectivity index (χ0) is 27.3. The molecule has 0 amide bonds. The highest BCUT2D eigenvalue weighted by Gasteiger charge is 2.42. The van der Waals surface area contributed by atoms with Gasteiger partial charge >= 0.3 is 7.25 Å². The van der Waals surface area contributed by atoms with Gasteiger partial charge in [0.25, 0.3) is 0 Å². The highest BCUT2D eigenvalue weighted by Crippen LogP contribution is 2.39. The molecule has 2 aliphatic rings. The maximum absolute atomic E-state index is 9.75. The number of ether oxygens (including phenoxy) is 1. The van der Waals surface area contributed by atoms with Crippen LogP contribution < -0.4 is 0 Å². The van der Waals surface area contributed by atoms with E-state index < -0.39 is 7.25 Å². The molecule has 2 heterocycles. The number of para-hydroxylation sites is 1. The lowest BCUT2D eigenvalue weighted by Crippen LogP contribution is -2.26. The Hall–Kier alpha value is -4.13. The van der Waals surface area contributed by atoms with E-state index in [1.807, 2.05) is 36.4 Å². The number of benzene rings is 3. The topological polar surface area (TPSA) is 12.2 Å². The maximum Gasteiger partial charge on any atom is 0.673 e. The van der Waals surface area contributed by atoms with E-state index in [1.165, 1.54) is 17.0 Å². The smallest absolute Gasteiger partial charge is 0.456 e. The monoisotopic (exact) mass is 517 g/mol. The Balaban J connectivity index is 0.000000617. The van der Waals surface area contributed by atoms with E-state index in [9.17, 15) is 17.3 Å². The molecule has 2 aliphatic heterocycles. The summed E-state index contributed by atoms with van der Waals surface area (Å²) in [7, 11) is -3.85. The minimum atomic E-state index is -6.00. The van der Waals surface area contributed by atoms with E-state index in [1.54, 1.807) is 0 Å². The Bertz CT molecular complexity index is 1390. The van der Waals surface area contributed by atoms with Crippen LogP contribution in [0.4, 0.5) is 23.0 Å². The molecule has 0 saturated heterocycles. The van der Waals surface area contributed by atoms with Crippen molar-refractivity contribution >= 4 is 30.2 Å². The highest BCUT2D eigenvalue weighted by molar-refractivity contribution is 6.50. The largest absolute Gasteiger partial charge is 0.673 e. The summed E-state index contributed by atoms with van der Waals surface area (Å²) in [6.45, 7) is 4.58. The zero-order valence-corrected chi connectivity index (χ0v) is 21.4. The molecule has 0 spiro atoms. The second-order valence-electron chi connectivity index (χ2n) is 9.46. The molecule has 0 saturated carbocycles. The van der Waals surface area contributed by atoms with Crippen LogP contribution in [0.15, 0.2) is 121 Å². The van der Waals surface area contributed by atoms with Crippen molar-refractivity contribution in [1.29, 1.82) is 0 Å². The van der Waals surface area contributed by atoms with Crippen molar-refractivity contribution in [3.05, 3.63) is 138 Å². The van der Waals surface area contributed by atoms with Crippen molar-refractivity contribution in [3.8, 4) is 0 Å². The summed E-state index contributed by atoms with van der Waals surface area (Å²) in [6.07, 6.45) is 10.8. The Morgan fingerprint density at radius 3 is 1.71 bits per heavy atom. The van der Waals surface area contributed by atoms with Crippen LogP contribution in [-0.4, -0.2) is 24.6 Å². The predicted octanol–water partition coefficient (Wildman–Crippen LogP) is 8.59. The quantitative estimate of drug-likeness (QED) is 0.192. The molecule has 0 bridgehead atoms. The zero-order valence-electron chi connectivity index (χ0n) is 21.4. The van der Waals surface area contributed by atoms with Gasteiger partial charge in [0.15, 0.2) is 5.71 Å². The third-order valence-electron chi connectivity index (χ3n) is 6.42. The van der Waals surface area contributed by atoms with Crippen LogP contribution in [0.1, 0.15) is 30.5 Å². The number of nitrogens with zero attached hydrogens (tertiary/aromatic N) is 1. The van der Waals surface area contributed by atoms with E-state index in [2.05, 4.69) is 104 Å². The lowest BCUT2D eigenvalue weighted by molar-refractivity contribution is -0.401. The van der Waals surface area contributed by atoms with Crippen LogP contribution in [0.25, 0.3) is 11.5 Å². The van der Waals surface area contributed by atoms with Crippen LogP contribution in [0.5, 0.6) is 0 Å². The standard InChI is InChI=1S/C31H28NO.BF4/c1-31(2)26-18-10-11-19-27(26)32(3)30(31)20-12-13-23-21-28(24-14-6-4-7-15-24)33-29(22-23)25-16-8-5-9-17-25;2-1(3,4)5/h4-22H,1-3H3;/q+1;-1/b20-12+;. The van der Waals surface area contributed by atoms with Gasteiger partial charge in [0.1, 0.15) is 18.6 Å². The van der Waals surface area contributed by atoms with Crippen LogP contribution >= 0.6 is 0 Å². The summed E-state index contributed by atoms with van der Waals surface area (Å²) in [5, 5.41) is 0. The second-order valence-corrected chi connectivity index (χ2v) is 9.46. The molecule has 0 atom stereocenters. The van der Waals surface area contributed by atoms with Gasteiger partial charge in [0.05, 0.1) is 5.41 Å². The minimum Gasteiger partial charge on any atom is -0.456 e. The van der Waals surface area contributed by atoms with Gasteiger partial charge in [-0.1, -0.05) is 91.0 Å². The van der Waals surface area contributed by atoms with Gasteiger partial charge in [-0.3, -0.25) is 0 Å². The first-order chi connectivity index (χ1) is 18.0. The number of rotatable bonds is 4. The number of fused-ring (bicyclic) bond motifs is 1. The Labute approximate surface area is 220 Å². The second kappa shape index (κ2) is 11.1. The van der Waals surface area contributed by atoms with Gasteiger partial charge in [-0.2, -0.15) is 4.58 Å². The van der Waals surface area contributed by atoms with Gasteiger partial charge in [-0.05, 0) is 31.6 Å². The lowest BCUT2D eigenvalue weighted by Gasteiger charge is -2.19. The molecule has 38 heavy (non-hydrogen) atoms. The molecular formula is C31H28BF4NO. The van der Waals surface area contributed by atoms with Crippen LogP contribution in [0, 0.1) is 0 Å². The van der Waals surface area contributed by atoms with Crippen molar-refractivity contribution in [2.24, 2.45) is 0 Å². The third-order valence-corrected chi connectivity index (χ3v) is 6.42. The van der Waals surface area contributed by atoms with Crippen molar-refractivity contribution in [2.45, 2.75) is 19.3 Å². The molecule has 194 valence electrons. The van der Waals surface area contributed by atoms with E-state index in [0.29, 0.717) is 0 Å². The summed E-state index contributed by atoms with van der Waals surface area (Å²) >= 11 is 0. The van der Waals surface area contributed by atoms with Crippen molar-refractivity contribution in [3.63, 3.8) is 0 Å². The normalized spacial score (nSPS) is 16.2. The third kappa shape index (κ3) is 6.41. The fraction of sp³-hybridized carbons (Fsp3) is 0.129. The average Bonchev–Trinajstić information content (AvgIpc) is 3.09. The van der Waals surface area contributed by atoms with Gasteiger partial charge < -0.3 is 22.0 Å². The summed E-state index contributed by atoms with van der Waals surface area (Å²) < 4.78 is 47.6. The summed E-state index contributed by atoms with van der Waals surface area (Å²) in [4.78, 5) is 0. The fourth-order valence-electron chi connectivity index (χ4n) is 4.66. The molecule has 0 unspecified atom stereocenters. The molecule has 0 aromatic heterocycles. The van der Waals surface area contributed by atoms with E-state index >= 15 is 0 Å². The van der Waals surface area contributed by atoms with Gasteiger partial charge in [-0.25, -0.2) is 0 Å². The van der Waals surface area contributed by atoms with Crippen molar-refractivity contribution < 1.29 is 26.6 Å². The number of halogens is 4. The Morgan fingerprint density at radius 2 is 1.21 bits per heavy atom. The van der Waals surface area contributed by atoms with Crippen molar-refractivity contribution in [2.75, 3.05) is 7.05 Å². The first-order valence-electron chi connectivity index (χ1n) is 12.2. The summed E-state index contributed by atoms with van der Waals surface area (Å²) in [5.74, 6) is 1.71. The fourth-order valence-corrected chi connectivity index (χ4v) is 4.66. The lowest BCUT2D eigenvalue weighted by atomic mass is 9.81. The Morgan fingerprint density at radius 1 is 0.737 bits per heavy atom. The van der Waals surface area contributed by atoms with Gasteiger partial charge in [-0.15, -0.1) is 0 Å². The minimum absolute atomic E-state index is 0.0356. The summed E-state index contributed by atoms with van der Waals surface area (Å²) in [5.41, 5.74) is 7.12. The predicted molar refractivity (Wildman–Crippen MR) is 148 cm³/mol. The highest BCUT2D eigenvalue weighted by atomic mass is 19.5. The van der Waals surface area contributed by atoms with E-state index in [4.69, 9.17) is 4.74 Å². The van der Waals surface area contributed by atoms with Crippen LogP contribution in [-0.2, 0) is 10.2 Å². The van der Waals surface area contributed by atoms with Crippen LogP contribution in [0.3, 0.4) is 0 Å². The molecule has 3 aromatic rings. The Kier molecular flexibility index (Phi) is 7.86. The molecule has 5 rings (SSSR count). The van der Waals surface area contributed by atoms with E-state index in [0.717, 1.165) is 28.2 Å². The molecular weight excluding hydrogens is 489 g/mol. The molecule has 0 aliphatic carbocycles. The molecule has 0 N–H and O–H groups in total. The molecule has 0 fully saturated rings. The average molecular weight is 517 g/mol. The molecule has 0 radical (unpaired) electrons. The van der Waals surface area contributed by atoms with Gasteiger partial charge in [0, 0.05) is 28.8 Å². The number of allylic oxidation sites excluding steroid dienone is 6. The van der Waals surface area contributed by atoms with E-state index in [-0.39, 0.29) is 5.41 Å². The SMILES string of the molecule is C[N+]1=C(/C=C/C=C2C=C(c3ccccc3)OC(c3ccccc3)=C2)C(C)(C)c2ccccc21.F[B-](F)(F)F. The van der Waals surface area contributed by atoms with Crippen molar-refractivity contribution in [1.82, 2.24) is 0 Å². The number of hydrogen-bond donors (Lipinski definition) is 0. The first kappa shape index (κ1) is 26.9. The summed E-state index contributed by atoms with van der Waals surface area (Å²) in [6, 6.07) is 29.2. The van der Waals surface area contributed by atoms with Gasteiger partial charge in [0.2, 0.25) is 5.69 Å². The first-order valence-corrected chi connectivity index (χ1v) is 12.2. The number of hydrogen-bond acceptors (Lipinski definition) is 1. The maximum atomic E-state index is 9.75. The molecule has 7 heteroatoms. The van der Waals surface area contributed by atoms with Crippen LogP contribution in [0.2, 0.25) is 0 Å².